The third kappa shape index (κ3) is 12.2. The van der Waals surface area contributed by atoms with E-state index >= 15 is 0 Å². The molecule has 74 heavy (non-hydrogen) atoms. The molecule has 1 unspecified atom stereocenters. The van der Waals surface area contributed by atoms with Gasteiger partial charge in [0.2, 0.25) is 12.3 Å². The lowest BCUT2D eigenvalue weighted by Gasteiger charge is -2.42. The van der Waals surface area contributed by atoms with Crippen LogP contribution in [0.5, 0.6) is 5.75 Å². The predicted molar refractivity (Wildman–Crippen MR) is 273 cm³/mol. The fourth-order valence-corrected chi connectivity index (χ4v) is 10.00. The number of piperazine rings is 1. The SMILES string of the molecule is CCCC(C(=O)NC=O)N1Cc2cc(N3CCN(CCCCN(N)/C=C(\N)COCC4(NC(=O)c5cc(F)ccc5F)CCN(c5ccc(-c6cc(OCC)cn7ncc(C#N)c67)cn5)CC4)CC3)ccc2C1=O. The van der Waals surface area contributed by atoms with Crippen LogP contribution in [0.15, 0.2) is 85.1 Å². The highest BCUT2D eigenvalue weighted by molar-refractivity contribution is 6.02. The number of aromatic nitrogens is 3. The van der Waals surface area contributed by atoms with Crippen LogP contribution in [0.3, 0.4) is 0 Å². The number of anilines is 2. The molecule has 2 fully saturated rings. The number of unbranched alkanes of at least 4 members (excludes halogenated alkanes) is 1. The lowest BCUT2D eigenvalue weighted by Crippen LogP contribution is -2.58. The van der Waals surface area contributed by atoms with Crippen LogP contribution >= 0.6 is 0 Å². The summed E-state index contributed by atoms with van der Waals surface area (Å²) in [7, 11) is 0. The van der Waals surface area contributed by atoms with Gasteiger partial charge in [-0.15, -0.1) is 0 Å². The van der Waals surface area contributed by atoms with Crippen molar-refractivity contribution in [1.82, 2.24) is 40.0 Å². The quantitative estimate of drug-likeness (QED) is 0.0318. The van der Waals surface area contributed by atoms with E-state index in [1.54, 1.807) is 28.0 Å². The molecule has 0 aliphatic carbocycles. The lowest BCUT2D eigenvalue weighted by molar-refractivity contribution is -0.129. The van der Waals surface area contributed by atoms with Gasteiger partial charge in [0.1, 0.15) is 35.3 Å². The molecule has 3 aromatic heterocycles. The number of nitrogens with two attached hydrogens (primary N) is 2. The summed E-state index contributed by atoms with van der Waals surface area (Å²) in [4.78, 5) is 63.5. The van der Waals surface area contributed by atoms with Gasteiger partial charge in [0.15, 0.2) is 0 Å². The van der Waals surface area contributed by atoms with E-state index in [1.807, 2.05) is 50.2 Å². The molecule has 0 bridgehead atoms. The van der Waals surface area contributed by atoms with Gasteiger partial charge in [-0.2, -0.15) is 10.4 Å². The number of nitrogens with one attached hydrogen (secondary N) is 2. The van der Waals surface area contributed by atoms with Gasteiger partial charge >= 0.3 is 0 Å². The third-order valence-electron chi connectivity index (χ3n) is 13.9. The van der Waals surface area contributed by atoms with Crippen molar-refractivity contribution < 1.29 is 37.4 Å². The fourth-order valence-electron chi connectivity index (χ4n) is 10.00. The van der Waals surface area contributed by atoms with Crippen LogP contribution in [0.25, 0.3) is 16.6 Å². The number of rotatable bonds is 22. The van der Waals surface area contributed by atoms with Crippen LogP contribution in [0.2, 0.25) is 0 Å². The van der Waals surface area contributed by atoms with Crippen LogP contribution < -0.4 is 36.7 Å². The first-order chi connectivity index (χ1) is 35.8. The molecular weight excluding hydrogens is 953 g/mol. The summed E-state index contributed by atoms with van der Waals surface area (Å²) in [6, 6.07) is 15.8. The number of pyridine rings is 2. The highest BCUT2D eigenvalue weighted by Crippen LogP contribution is 2.34. The average molecular weight is 1020 g/mol. The number of ether oxygens (including phenoxy) is 2. The Kier molecular flexibility index (Phi) is 17.0. The van der Waals surface area contributed by atoms with Crippen LogP contribution in [0.4, 0.5) is 20.3 Å². The molecule has 0 spiro atoms. The van der Waals surface area contributed by atoms with E-state index in [-0.39, 0.29) is 19.1 Å². The Morgan fingerprint density at radius 3 is 2.50 bits per heavy atom. The summed E-state index contributed by atoms with van der Waals surface area (Å²) in [5, 5.41) is 20.8. The van der Waals surface area contributed by atoms with Crippen molar-refractivity contribution in [3.05, 3.63) is 119 Å². The third-order valence-corrected chi connectivity index (χ3v) is 13.9. The van der Waals surface area contributed by atoms with Gasteiger partial charge in [-0.05, 0) is 106 Å². The van der Waals surface area contributed by atoms with E-state index in [9.17, 15) is 33.2 Å². The zero-order chi connectivity index (χ0) is 52.4. The molecule has 4 amide bonds. The first kappa shape index (κ1) is 52.6. The monoisotopic (exact) mass is 1020 g/mol. The summed E-state index contributed by atoms with van der Waals surface area (Å²) < 4.78 is 42.5. The highest BCUT2D eigenvalue weighted by Gasteiger charge is 2.39. The molecule has 390 valence electrons. The number of fused-ring (bicyclic) bond motifs is 2. The van der Waals surface area contributed by atoms with Crippen LogP contribution in [0, 0.1) is 23.0 Å². The lowest BCUT2D eigenvalue weighted by atomic mass is 9.87. The van der Waals surface area contributed by atoms with Crippen molar-refractivity contribution in [2.24, 2.45) is 11.6 Å². The zero-order valence-electron chi connectivity index (χ0n) is 41.8. The van der Waals surface area contributed by atoms with Gasteiger partial charge in [-0.3, -0.25) is 29.4 Å². The van der Waals surface area contributed by atoms with Gasteiger partial charge < -0.3 is 40.2 Å². The Hall–Kier alpha value is -7.67. The van der Waals surface area contributed by atoms with Crippen molar-refractivity contribution in [2.45, 2.75) is 70.5 Å². The Morgan fingerprint density at radius 2 is 1.78 bits per heavy atom. The second kappa shape index (κ2) is 23.9. The Bertz CT molecular complexity index is 2890. The summed E-state index contributed by atoms with van der Waals surface area (Å²) >= 11 is 0. The number of amides is 4. The zero-order valence-corrected chi connectivity index (χ0v) is 41.8. The van der Waals surface area contributed by atoms with E-state index in [2.05, 4.69) is 36.5 Å². The minimum atomic E-state index is -0.956. The topological polar surface area (TPSA) is 233 Å². The number of benzene rings is 2. The van der Waals surface area contributed by atoms with Crippen molar-refractivity contribution in [2.75, 3.05) is 82.0 Å². The van der Waals surface area contributed by atoms with Gasteiger partial charge in [0.25, 0.3) is 11.8 Å². The van der Waals surface area contributed by atoms with E-state index in [0.717, 1.165) is 86.1 Å². The minimum absolute atomic E-state index is 0.00976. The number of halogens is 2. The van der Waals surface area contributed by atoms with Crippen LogP contribution in [-0.4, -0.2) is 137 Å². The molecule has 19 nitrogen and oxygen atoms in total. The maximum Gasteiger partial charge on any atom is 0.255 e. The molecule has 2 saturated heterocycles. The number of nitrogens with zero attached hydrogens (tertiary/aromatic N) is 9. The molecule has 21 heteroatoms. The molecule has 3 aliphatic rings. The summed E-state index contributed by atoms with van der Waals surface area (Å²) in [6.45, 7) is 10.4. The molecule has 3 aliphatic heterocycles. The Labute approximate surface area is 428 Å². The number of nitriles is 1. The van der Waals surface area contributed by atoms with E-state index in [1.165, 1.54) is 11.2 Å². The smallest absolute Gasteiger partial charge is 0.255 e. The van der Waals surface area contributed by atoms with E-state index in [0.29, 0.717) is 98.8 Å². The second-order valence-electron chi connectivity index (χ2n) is 18.9. The van der Waals surface area contributed by atoms with Crippen molar-refractivity contribution in [3.63, 3.8) is 0 Å². The Balaban J connectivity index is 0.809. The highest BCUT2D eigenvalue weighted by atomic mass is 19.1. The molecule has 0 radical (unpaired) electrons. The minimum Gasteiger partial charge on any atom is -0.492 e. The Morgan fingerprint density at radius 1 is 0.986 bits per heavy atom. The normalized spacial score (nSPS) is 16.2. The summed E-state index contributed by atoms with van der Waals surface area (Å²) in [6.07, 6.45) is 10.6. The maximum atomic E-state index is 14.8. The molecule has 8 rings (SSSR count). The average Bonchev–Trinajstić information content (AvgIpc) is 3.97. The number of carbonyl (C=O) groups is 4. The van der Waals surface area contributed by atoms with Crippen molar-refractivity contribution in [1.29, 1.82) is 5.26 Å². The van der Waals surface area contributed by atoms with Gasteiger partial charge in [0, 0.05) is 87.1 Å². The number of carbonyl (C=O) groups excluding carboxylic acids is 4. The summed E-state index contributed by atoms with van der Waals surface area (Å²) in [5.74, 6) is 4.63. The number of imide groups is 1. The largest absolute Gasteiger partial charge is 0.492 e. The van der Waals surface area contributed by atoms with Crippen molar-refractivity contribution >= 4 is 41.2 Å². The number of hydrogen-bond acceptors (Lipinski definition) is 15. The van der Waals surface area contributed by atoms with E-state index in [4.69, 9.17) is 26.0 Å². The van der Waals surface area contributed by atoms with Gasteiger partial charge in [-0.25, -0.2) is 24.1 Å². The summed E-state index contributed by atoms with van der Waals surface area (Å²) in [5.41, 5.74) is 10.5. The van der Waals surface area contributed by atoms with Crippen LogP contribution in [-0.2, 0) is 20.9 Å². The maximum absolute atomic E-state index is 14.8. The first-order valence-corrected chi connectivity index (χ1v) is 25.1. The van der Waals surface area contributed by atoms with Crippen LogP contribution in [0.1, 0.15) is 84.2 Å². The number of piperidine rings is 1. The molecule has 6 heterocycles. The molecule has 2 aromatic carbocycles. The van der Waals surface area contributed by atoms with E-state index < -0.39 is 40.6 Å². The standard InChI is InChI=1S/C53H63F2N13O6/c1-3-7-47(51(71)60-35-69)67-30-37-24-41(10-11-43(37)52(67)72)64-22-20-63(21-23-64)16-5-6-17-66(58)31-40(57)33-73-34-53(62-50(70)45-25-39(54)9-12-46(45)55)14-18-65(19-15-53)48-13-8-36(28-59-48)44-26-42(74-4-2)32-68-49(44)38(27-56)29-61-68/h8-13,24-26,28-29,31-32,35,47H,3-7,14-23,30,33-34,57-58H2,1-2H3,(H,62,70)(H,60,69,71)/b40-31-. The molecular formula is C53H63F2N13O6. The molecule has 1 atom stereocenters. The fraction of sp³-hybridized carbons (Fsp3) is 0.415. The molecule has 6 N–H and O–H groups in total. The number of hydrazine groups is 1. The number of hydrogen-bond donors (Lipinski definition) is 4. The molecule has 0 saturated carbocycles. The second-order valence-corrected chi connectivity index (χ2v) is 18.9. The first-order valence-electron chi connectivity index (χ1n) is 25.1. The van der Waals surface area contributed by atoms with Crippen molar-refractivity contribution in [3.8, 4) is 22.9 Å². The molecule has 5 aromatic rings. The van der Waals surface area contributed by atoms with Gasteiger partial charge in [-0.1, -0.05) is 13.3 Å². The predicted octanol–water partition coefficient (Wildman–Crippen LogP) is 4.71. The van der Waals surface area contributed by atoms with Gasteiger partial charge in [0.05, 0.1) is 60.1 Å².